The van der Waals surface area contributed by atoms with Crippen molar-refractivity contribution in [3.63, 3.8) is 0 Å². The molecule has 0 unspecified atom stereocenters. The maximum atomic E-state index is 12.7. The van der Waals surface area contributed by atoms with E-state index in [0.717, 1.165) is 11.1 Å². The quantitative estimate of drug-likeness (QED) is 0.342. The molecule has 0 N–H and O–H groups in total. The Morgan fingerprint density at radius 2 is 1.76 bits per heavy atom. The minimum absolute atomic E-state index is 0.280. The fraction of sp³-hybridized carbons (Fsp3) is 0.125. The molecule has 1 heterocycles. The number of carbonyl (C=O) groups excluding carboxylic acids is 1. The second-order valence-electron chi connectivity index (χ2n) is 6.43. The molecule has 5 heteroatoms. The average molecular weight is 407 g/mol. The van der Waals surface area contributed by atoms with E-state index in [1.165, 1.54) is 0 Å². The molecule has 0 aliphatic heterocycles. The molecule has 0 aliphatic carbocycles. The van der Waals surface area contributed by atoms with Crippen molar-refractivity contribution in [2.24, 2.45) is 0 Å². The Bertz CT molecular complexity index is 1150. The molecule has 0 spiro atoms. The lowest BCUT2D eigenvalue weighted by molar-refractivity contribution is 0.0529. The Morgan fingerprint density at radius 3 is 2.52 bits per heavy atom. The third kappa shape index (κ3) is 3.98. The van der Waals surface area contributed by atoms with Crippen LogP contribution in [0.5, 0.6) is 5.75 Å². The van der Waals surface area contributed by atoms with E-state index >= 15 is 0 Å². The summed E-state index contributed by atoms with van der Waals surface area (Å²) in [7, 11) is 0. The summed E-state index contributed by atoms with van der Waals surface area (Å²) in [4.78, 5) is 12.7. The van der Waals surface area contributed by atoms with Crippen molar-refractivity contribution in [2.45, 2.75) is 13.5 Å². The van der Waals surface area contributed by atoms with Gasteiger partial charge in [0.15, 0.2) is 0 Å². The Morgan fingerprint density at radius 1 is 1.00 bits per heavy atom. The van der Waals surface area contributed by atoms with Crippen LogP contribution in [0.1, 0.15) is 22.8 Å². The van der Waals surface area contributed by atoms with Gasteiger partial charge in [0.1, 0.15) is 29.3 Å². The van der Waals surface area contributed by atoms with Crippen molar-refractivity contribution in [2.75, 3.05) is 6.61 Å². The van der Waals surface area contributed by atoms with Crippen LogP contribution in [-0.2, 0) is 11.3 Å². The lowest BCUT2D eigenvalue weighted by Gasteiger charge is -2.08. The van der Waals surface area contributed by atoms with E-state index in [-0.39, 0.29) is 6.61 Å². The first kappa shape index (κ1) is 19.1. The number of carbonyl (C=O) groups is 1. The molecule has 0 saturated carbocycles. The molecule has 0 saturated heterocycles. The molecule has 1 aromatic heterocycles. The van der Waals surface area contributed by atoms with Gasteiger partial charge < -0.3 is 13.9 Å². The molecule has 29 heavy (non-hydrogen) atoms. The lowest BCUT2D eigenvalue weighted by atomic mass is 10.1. The molecular formula is C24H19ClO4. The highest BCUT2D eigenvalue weighted by Gasteiger charge is 2.23. The highest BCUT2D eigenvalue weighted by atomic mass is 35.5. The van der Waals surface area contributed by atoms with E-state index < -0.39 is 5.97 Å². The van der Waals surface area contributed by atoms with Gasteiger partial charge in [-0.15, -0.1) is 0 Å². The number of esters is 1. The van der Waals surface area contributed by atoms with Crippen LogP contribution in [-0.4, -0.2) is 12.6 Å². The molecule has 146 valence electrons. The van der Waals surface area contributed by atoms with Gasteiger partial charge in [-0.1, -0.05) is 60.1 Å². The number of benzene rings is 3. The van der Waals surface area contributed by atoms with Crippen LogP contribution >= 0.6 is 11.6 Å². The van der Waals surface area contributed by atoms with E-state index in [0.29, 0.717) is 39.7 Å². The third-order valence-corrected chi connectivity index (χ3v) is 4.90. The number of furan rings is 1. The number of hydrogen-bond donors (Lipinski definition) is 0. The molecule has 0 atom stereocenters. The monoisotopic (exact) mass is 406 g/mol. The molecule has 3 aromatic carbocycles. The van der Waals surface area contributed by atoms with Crippen molar-refractivity contribution in [1.29, 1.82) is 0 Å². The van der Waals surface area contributed by atoms with Crippen molar-refractivity contribution in [3.05, 3.63) is 88.9 Å². The summed E-state index contributed by atoms with van der Waals surface area (Å²) in [5, 5.41) is 1.30. The van der Waals surface area contributed by atoms with Crippen molar-refractivity contribution >= 4 is 28.5 Å². The number of ether oxygens (including phenoxy) is 2. The SMILES string of the molecule is CCOC(=O)c1c(-c2ccccc2)oc2ccc(OCc3ccccc3Cl)cc12. The van der Waals surface area contributed by atoms with Crippen LogP contribution in [0.25, 0.3) is 22.3 Å². The highest BCUT2D eigenvalue weighted by Crippen LogP contribution is 2.36. The van der Waals surface area contributed by atoms with Crippen molar-refractivity contribution in [1.82, 2.24) is 0 Å². The van der Waals surface area contributed by atoms with Crippen LogP contribution in [0.3, 0.4) is 0 Å². The van der Waals surface area contributed by atoms with Gasteiger partial charge in [-0.25, -0.2) is 4.79 Å². The zero-order chi connectivity index (χ0) is 20.2. The summed E-state index contributed by atoms with van der Waals surface area (Å²) in [6.45, 7) is 2.38. The van der Waals surface area contributed by atoms with Crippen molar-refractivity contribution in [3.8, 4) is 17.1 Å². The van der Waals surface area contributed by atoms with Crippen molar-refractivity contribution < 1.29 is 18.7 Å². The minimum atomic E-state index is -0.423. The van der Waals surface area contributed by atoms with Gasteiger partial charge in [0.2, 0.25) is 0 Å². The number of rotatable bonds is 6. The van der Waals surface area contributed by atoms with E-state index in [4.69, 9.17) is 25.5 Å². The largest absolute Gasteiger partial charge is 0.489 e. The first-order chi connectivity index (χ1) is 14.2. The van der Waals surface area contributed by atoms with Crippen LogP contribution in [0.15, 0.2) is 77.2 Å². The van der Waals surface area contributed by atoms with Gasteiger partial charge in [0, 0.05) is 21.5 Å². The second kappa shape index (κ2) is 8.41. The average Bonchev–Trinajstić information content (AvgIpc) is 3.13. The highest BCUT2D eigenvalue weighted by molar-refractivity contribution is 6.31. The zero-order valence-corrected chi connectivity index (χ0v) is 16.6. The van der Waals surface area contributed by atoms with Gasteiger partial charge in [-0.05, 0) is 31.2 Å². The molecule has 0 bridgehead atoms. The van der Waals surface area contributed by atoms with Crippen LogP contribution in [0, 0.1) is 0 Å². The fourth-order valence-corrected chi connectivity index (χ4v) is 3.33. The predicted molar refractivity (Wildman–Crippen MR) is 113 cm³/mol. The van der Waals surface area contributed by atoms with Gasteiger partial charge in [0.05, 0.1) is 6.61 Å². The molecule has 4 nitrogen and oxygen atoms in total. The maximum Gasteiger partial charge on any atom is 0.342 e. The molecule has 4 rings (SSSR count). The molecule has 0 amide bonds. The first-order valence-corrected chi connectivity index (χ1v) is 9.70. The molecular weight excluding hydrogens is 388 g/mol. The van der Waals surface area contributed by atoms with Gasteiger partial charge >= 0.3 is 5.97 Å². The van der Waals surface area contributed by atoms with E-state index in [1.807, 2.05) is 60.7 Å². The van der Waals surface area contributed by atoms with Gasteiger partial charge in [-0.3, -0.25) is 0 Å². The summed E-state index contributed by atoms with van der Waals surface area (Å²) in [5.74, 6) is 0.680. The van der Waals surface area contributed by atoms with E-state index in [2.05, 4.69) is 0 Å². The van der Waals surface area contributed by atoms with E-state index in [9.17, 15) is 4.79 Å². The third-order valence-electron chi connectivity index (χ3n) is 4.53. The molecule has 0 fully saturated rings. The smallest absolute Gasteiger partial charge is 0.342 e. The van der Waals surface area contributed by atoms with Gasteiger partial charge in [0.25, 0.3) is 0 Å². The minimum Gasteiger partial charge on any atom is -0.489 e. The number of halogens is 1. The Hall–Kier alpha value is -3.24. The predicted octanol–water partition coefficient (Wildman–Crippen LogP) is 6.51. The van der Waals surface area contributed by atoms with Crippen LogP contribution in [0.4, 0.5) is 0 Å². The normalized spacial score (nSPS) is 10.8. The number of fused-ring (bicyclic) bond motifs is 1. The first-order valence-electron chi connectivity index (χ1n) is 9.32. The Balaban J connectivity index is 1.74. The maximum absolute atomic E-state index is 12.7. The Kier molecular flexibility index (Phi) is 5.54. The molecule has 4 aromatic rings. The zero-order valence-electron chi connectivity index (χ0n) is 15.9. The topological polar surface area (TPSA) is 48.7 Å². The Labute approximate surface area is 173 Å². The van der Waals surface area contributed by atoms with Crippen LogP contribution < -0.4 is 4.74 Å². The summed E-state index contributed by atoms with van der Waals surface area (Å²) < 4.78 is 17.2. The van der Waals surface area contributed by atoms with E-state index in [1.54, 1.807) is 19.1 Å². The summed E-state index contributed by atoms with van der Waals surface area (Å²) in [6, 6.07) is 22.4. The summed E-state index contributed by atoms with van der Waals surface area (Å²) in [5.41, 5.74) is 2.69. The lowest BCUT2D eigenvalue weighted by Crippen LogP contribution is -2.05. The van der Waals surface area contributed by atoms with Crippen LogP contribution in [0.2, 0.25) is 5.02 Å². The molecule has 0 radical (unpaired) electrons. The molecule has 0 aliphatic rings. The standard InChI is InChI=1S/C24H19ClO4/c1-2-27-24(26)22-19-14-18(28-15-17-10-6-7-11-20(17)25)12-13-21(19)29-23(22)16-8-4-3-5-9-16/h3-14H,2,15H2,1H3. The summed E-state index contributed by atoms with van der Waals surface area (Å²) in [6.07, 6.45) is 0. The van der Waals surface area contributed by atoms with Gasteiger partial charge in [-0.2, -0.15) is 0 Å². The second-order valence-corrected chi connectivity index (χ2v) is 6.84. The number of hydrogen-bond acceptors (Lipinski definition) is 4. The fourth-order valence-electron chi connectivity index (χ4n) is 3.14. The summed E-state index contributed by atoms with van der Waals surface area (Å²) >= 11 is 6.20.